The molecule has 0 fully saturated rings. The second-order valence-corrected chi connectivity index (χ2v) is 5.07. The Kier molecular flexibility index (Phi) is 3.47. The van der Waals surface area contributed by atoms with Crippen LogP contribution in [-0.4, -0.2) is 20.9 Å². The van der Waals surface area contributed by atoms with E-state index < -0.39 is 0 Å². The number of para-hydroxylation sites is 2. The van der Waals surface area contributed by atoms with Gasteiger partial charge >= 0.3 is 0 Å². The molecule has 3 aromatic rings. The number of carbonyl (C=O) groups is 1. The number of H-pyrrole nitrogens is 1. The molecule has 0 saturated carbocycles. The van der Waals surface area contributed by atoms with Crippen LogP contribution in [0.4, 0.5) is 0 Å². The first kappa shape index (κ1) is 12.8. The summed E-state index contributed by atoms with van der Waals surface area (Å²) in [4.78, 5) is 23.6. The van der Waals surface area contributed by atoms with Crippen LogP contribution in [0.25, 0.3) is 11.0 Å². The number of hydrogen-bond acceptors (Lipinski definition) is 3. The van der Waals surface area contributed by atoms with Crippen molar-refractivity contribution < 1.29 is 4.79 Å². The summed E-state index contributed by atoms with van der Waals surface area (Å²) in [5, 5.41) is 2.79. The molecule has 2 N–H and O–H groups in total. The molecule has 100 valence electrons. The van der Waals surface area contributed by atoms with E-state index in [4.69, 9.17) is 0 Å². The number of hydrogen-bond donors (Lipinski definition) is 2. The lowest BCUT2D eigenvalue weighted by molar-refractivity contribution is 0.0944. The van der Waals surface area contributed by atoms with Crippen LogP contribution in [0.15, 0.2) is 47.1 Å². The number of nitrogens with zero attached hydrogens (tertiary/aromatic N) is 2. The number of aromatic amines is 1. The molecule has 2 aromatic heterocycles. The normalized spacial score (nSPS) is 10.7. The molecule has 5 nitrogen and oxygen atoms in total. The van der Waals surface area contributed by atoms with E-state index in [1.807, 2.05) is 24.3 Å². The highest BCUT2D eigenvalue weighted by Gasteiger charge is 2.11. The maximum Gasteiger partial charge on any atom is 0.271 e. The fourth-order valence-corrected chi connectivity index (χ4v) is 2.32. The number of amides is 1. The third-order valence-electron chi connectivity index (χ3n) is 2.83. The largest absolute Gasteiger partial charge is 0.343 e. The Morgan fingerprint density at radius 2 is 2.10 bits per heavy atom. The van der Waals surface area contributed by atoms with Gasteiger partial charge in [-0.1, -0.05) is 12.1 Å². The van der Waals surface area contributed by atoms with Gasteiger partial charge in [0.25, 0.3) is 5.91 Å². The van der Waals surface area contributed by atoms with E-state index in [1.165, 1.54) is 0 Å². The van der Waals surface area contributed by atoms with Crippen molar-refractivity contribution in [3.63, 3.8) is 0 Å². The maximum absolute atomic E-state index is 12.0. The molecule has 0 unspecified atom stereocenters. The minimum atomic E-state index is -0.238. The third kappa shape index (κ3) is 2.55. The van der Waals surface area contributed by atoms with Gasteiger partial charge in [0, 0.05) is 10.7 Å². The predicted octanol–water partition coefficient (Wildman–Crippen LogP) is 2.65. The number of halogens is 1. The van der Waals surface area contributed by atoms with Crippen molar-refractivity contribution in [2.75, 3.05) is 0 Å². The van der Waals surface area contributed by atoms with Crippen LogP contribution < -0.4 is 5.32 Å². The fourth-order valence-electron chi connectivity index (χ4n) is 1.89. The number of pyridine rings is 1. The van der Waals surface area contributed by atoms with Gasteiger partial charge in [-0.25, -0.2) is 9.97 Å². The smallest absolute Gasteiger partial charge is 0.271 e. The van der Waals surface area contributed by atoms with Gasteiger partial charge in [-0.3, -0.25) is 4.79 Å². The molecule has 6 heteroatoms. The van der Waals surface area contributed by atoms with Crippen molar-refractivity contribution in [3.05, 3.63) is 58.6 Å². The number of carbonyl (C=O) groups excluding carboxylic acids is 1. The highest BCUT2D eigenvalue weighted by Crippen LogP contribution is 2.13. The predicted molar refractivity (Wildman–Crippen MR) is 79.2 cm³/mol. The van der Waals surface area contributed by atoms with E-state index >= 15 is 0 Å². The summed E-state index contributed by atoms with van der Waals surface area (Å²) in [6.45, 7) is 0.330. The maximum atomic E-state index is 12.0. The first-order valence-electron chi connectivity index (χ1n) is 6.06. The highest BCUT2D eigenvalue weighted by atomic mass is 79.9. The second kappa shape index (κ2) is 5.42. The van der Waals surface area contributed by atoms with Crippen molar-refractivity contribution in [1.29, 1.82) is 0 Å². The summed E-state index contributed by atoms with van der Waals surface area (Å²) in [6, 6.07) is 11.3. The Hall–Kier alpha value is -2.21. The molecule has 2 heterocycles. The Morgan fingerprint density at radius 3 is 2.90 bits per heavy atom. The molecule has 0 aliphatic rings. The molecule has 0 spiro atoms. The lowest BCUT2D eigenvalue weighted by Crippen LogP contribution is -2.24. The molecule has 0 saturated heterocycles. The molecule has 1 amide bonds. The monoisotopic (exact) mass is 330 g/mol. The molecule has 0 radical (unpaired) electrons. The van der Waals surface area contributed by atoms with Gasteiger partial charge in [-0.15, -0.1) is 0 Å². The van der Waals surface area contributed by atoms with E-state index in [-0.39, 0.29) is 5.91 Å². The Bertz CT molecular complexity index is 735. The van der Waals surface area contributed by atoms with Crippen molar-refractivity contribution in [2.45, 2.75) is 6.54 Å². The van der Waals surface area contributed by atoms with Gasteiger partial charge in [-0.05, 0) is 40.2 Å². The number of rotatable bonds is 3. The zero-order valence-electron chi connectivity index (χ0n) is 10.4. The number of benzene rings is 1. The van der Waals surface area contributed by atoms with Crippen molar-refractivity contribution in [1.82, 2.24) is 20.3 Å². The first-order chi connectivity index (χ1) is 9.74. The van der Waals surface area contributed by atoms with Crippen molar-refractivity contribution in [2.24, 2.45) is 0 Å². The van der Waals surface area contributed by atoms with E-state index in [0.717, 1.165) is 11.0 Å². The van der Waals surface area contributed by atoms with Gasteiger partial charge < -0.3 is 10.3 Å². The highest BCUT2D eigenvalue weighted by molar-refractivity contribution is 9.10. The van der Waals surface area contributed by atoms with E-state index in [1.54, 1.807) is 18.3 Å². The quantitative estimate of drug-likeness (QED) is 0.775. The summed E-state index contributed by atoms with van der Waals surface area (Å²) in [5.74, 6) is 0.476. The van der Waals surface area contributed by atoms with Crippen LogP contribution in [0.3, 0.4) is 0 Å². The van der Waals surface area contributed by atoms with Crippen LogP contribution in [0, 0.1) is 0 Å². The number of aromatic nitrogens is 3. The topological polar surface area (TPSA) is 70.7 Å². The Labute approximate surface area is 123 Å². The van der Waals surface area contributed by atoms with Crippen LogP contribution in [-0.2, 0) is 6.54 Å². The third-order valence-corrected chi connectivity index (χ3v) is 3.47. The molecule has 0 bridgehead atoms. The SMILES string of the molecule is O=C(NCc1nc2ccccc2[nH]1)c1ncccc1Br. The van der Waals surface area contributed by atoms with E-state index in [2.05, 4.69) is 36.2 Å². The van der Waals surface area contributed by atoms with Gasteiger partial charge in [-0.2, -0.15) is 0 Å². The summed E-state index contributed by atoms with van der Waals surface area (Å²) < 4.78 is 0.669. The zero-order valence-corrected chi connectivity index (χ0v) is 12.0. The Balaban J connectivity index is 1.73. The van der Waals surface area contributed by atoms with Crippen molar-refractivity contribution >= 4 is 32.9 Å². The number of nitrogens with one attached hydrogen (secondary N) is 2. The average Bonchev–Trinajstić information content (AvgIpc) is 2.88. The van der Waals surface area contributed by atoms with Crippen LogP contribution in [0.5, 0.6) is 0 Å². The summed E-state index contributed by atoms with van der Waals surface area (Å²) in [7, 11) is 0. The molecule has 0 aliphatic heterocycles. The van der Waals surface area contributed by atoms with Crippen LogP contribution in [0.1, 0.15) is 16.3 Å². The van der Waals surface area contributed by atoms with Gasteiger partial charge in [0.2, 0.25) is 0 Å². The average molecular weight is 331 g/mol. The van der Waals surface area contributed by atoms with Crippen molar-refractivity contribution in [3.8, 4) is 0 Å². The minimum absolute atomic E-state index is 0.238. The molecule has 20 heavy (non-hydrogen) atoms. The summed E-state index contributed by atoms with van der Waals surface area (Å²) in [6.07, 6.45) is 1.58. The van der Waals surface area contributed by atoms with Gasteiger partial charge in [0.1, 0.15) is 11.5 Å². The number of fused-ring (bicyclic) bond motifs is 1. The number of imidazole rings is 1. The van der Waals surface area contributed by atoms with E-state index in [0.29, 0.717) is 22.5 Å². The lowest BCUT2D eigenvalue weighted by Gasteiger charge is -2.03. The summed E-state index contributed by atoms with van der Waals surface area (Å²) >= 11 is 3.30. The molecular weight excluding hydrogens is 320 g/mol. The molecular formula is C14H11BrN4O. The first-order valence-corrected chi connectivity index (χ1v) is 6.85. The molecule has 0 aliphatic carbocycles. The van der Waals surface area contributed by atoms with Gasteiger partial charge in [0.05, 0.1) is 17.6 Å². The lowest BCUT2D eigenvalue weighted by atomic mass is 10.3. The second-order valence-electron chi connectivity index (χ2n) is 4.22. The zero-order chi connectivity index (χ0) is 13.9. The fraction of sp³-hybridized carbons (Fsp3) is 0.0714. The standard InChI is InChI=1S/C14H11BrN4O/c15-9-4-3-7-16-13(9)14(20)17-8-12-18-10-5-1-2-6-11(10)19-12/h1-7H,8H2,(H,17,20)(H,18,19). The Morgan fingerprint density at radius 1 is 1.25 bits per heavy atom. The van der Waals surface area contributed by atoms with E-state index in [9.17, 15) is 4.79 Å². The summed E-state index contributed by atoms with van der Waals surface area (Å²) in [5.41, 5.74) is 2.20. The molecule has 3 rings (SSSR count). The minimum Gasteiger partial charge on any atom is -0.343 e. The molecule has 0 atom stereocenters. The molecule has 1 aromatic carbocycles. The van der Waals surface area contributed by atoms with Crippen LogP contribution >= 0.6 is 15.9 Å². The van der Waals surface area contributed by atoms with Gasteiger partial charge in [0.15, 0.2) is 0 Å². The van der Waals surface area contributed by atoms with Crippen LogP contribution in [0.2, 0.25) is 0 Å².